The molecule has 4 aromatic rings. The molecule has 4 heterocycles. The summed E-state index contributed by atoms with van der Waals surface area (Å²) < 4.78 is 5.68. The van der Waals surface area contributed by atoms with E-state index in [-0.39, 0.29) is 11.6 Å². The molecular formula is C26H25N5O2. The SMILES string of the molecule is O=C1N(c2ccc(-c3cn[nH]c3)cc2)CC2(CCOCC2)N1Cc1cccc2cccnc12. The molecule has 0 atom stereocenters. The number of nitrogens with one attached hydrogen (secondary N) is 1. The lowest BCUT2D eigenvalue weighted by Gasteiger charge is -2.40. The maximum atomic E-state index is 13.8. The Labute approximate surface area is 192 Å². The second-order valence-electron chi connectivity index (χ2n) is 8.82. The molecule has 2 amide bonds. The van der Waals surface area contributed by atoms with Gasteiger partial charge >= 0.3 is 6.03 Å². The number of aromatic amines is 1. The van der Waals surface area contributed by atoms with Crippen molar-refractivity contribution in [2.75, 3.05) is 24.7 Å². The average molecular weight is 440 g/mol. The number of para-hydroxylation sites is 1. The van der Waals surface area contributed by atoms with Crippen LogP contribution in [0.15, 0.2) is 73.2 Å². The van der Waals surface area contributed by atoms with Crippen molar-refractivity contribution < 1.29 is 9.53 Å². The minimum Gasteiger partial charge on any atom is -0.381 e. The van der Waals surface area contributed by atoms with Crippen LogP contribution in [0.5, 0.6) is 0 Å². The lowest BCUT2D eigenvalue weighted by molar-refractivity contribution is 0.00622. The molecule has 2 aliphatic rings. The van der Waals surface area contributed by atoms with Crippen LogP contribution in [0.3, 0.4) is 0 Å². The van der Waals surface area contributed by atoms with Crippen LogP contribution in [0.2, 0.25) is 0 Å². The number of carbonyl (C=O) groups is 1. The maximum absolute atomic E-state index is 13.8. The quantitative estimate of drug-likeness (QED) is 0.504. The summed E-state index contributed by atoms with van der Waals surface area (Å²) in [5.41, 5.74) is 4.80. The van der Waals surface area contributed by atoms with E-state index in [9.17, 15) is 4.79 Å². The fourth-order valence-corrected chi connectivity index (χ4v) is 5.12. The number of pyridine rings is 1. The van der Waals surface area contributed by atoms with Gasteiger partial charge in [0, 0.05) is 42.2 Å². The molecule has 1 N–H and O–H groups in total. The zero-order valence-electron chi connectivity index (χ0n) is 18.3. The van der Waals surface area contributed by atoms with Gasteiger partial charge in [0.1, 0.15) is 0 Å². The lowest BCUT2D eigenvalue weighted by atomic mass is 9.88. The minimum atomic E-state index is -0.241. The van der Waals surface area contributed by atoms with Gasteiger partial charge in [-0.1, -0.05) is 36.4 Å². The fourth-order valence-electron chi connectivity index (χ4n) is 5.12. The number of carbonyl (C=O) groups excluding carboxylic acids is 1. The molecule has 0 aliphatic carbocycles. The van der Waals surface area contributed by atoms with Crippen molar-refractivity contribution in [2.45, 2.75) is 24.9 Å². The normalized spacial score (nSPS) is 17.9. The van der Waals surface area contributed by atoms with Crippen LogP contribution in [0.4, 0.5) is 10.5 Å². The van der Waals surface area contributed by atoms with Gasteiger partial charge in [-0.05, 0) is 42.2 Å². The summed E-state index contributed by atoms with van der Waals surface area (Å²) in [6.07, 6.45) is 7.15. The van der Waals surface area contributed by atoms with E-state index in [2.05, 4.69) is 38.3 Å². The van der Waals surface area contributed by atoms with E-state index < -0.39 is 0 Å². The van der Waals surface area contributed by atoms with Gasteiger partial charge in [0.05, 0.1) is 30.3 Å². The van der Waals surface area contributed by atoms with E-state index in [0.29, 0.717) is 26.3 Å². The van der Waals surface area contributed by atoms with Gasteiger partial charge in [0.25, 0.3) is 0 Å². The maximum Gasteiger partial charge on any atom is 0.325 e. The van der Waals surface area contributed by atoms with Crippen LogP contribution in [-0.4, -0.2) is 51.4 Å². The van der Waals surface area contributed by atoms with Gasteiger partial charge < -0.3 is 9.64 Å². The number of nitrogens with zero attached hydrogens (tertiary/aromatic N) is 4. The van der Waals surface area contributed by atoms with Crippen LogP contribution < -0.4 is 4.90 Å². The molecule has 166 valence electrons. The number of aromatic nitrogens is 3. The van der Waals surface area contributed by atoms with Crippen molar-refractivity contribution in [3.63, 3.8) is 0 Å². The Hall–Kier alpha value is -3.71. The van der Waals surface area contributed by atoms with Crippen molar-refractivity contribution in [3.05, 3.63) is 78.8 Å². The van der Waals surface area contributed by atoms with Crippen LogP contribution in [0, 0.1) is 0 Å². The standard InChI is InChI=1S/C26H25N5O2/c32-25-30(23-8-6-19(7-9-23)22-15-28-29-16-22)18-26(10-13-33-14-11-26)31(25)17-21-4-1-3-20-5-2-12-27-24(20)21/h1-9,12,15-16H,10-11,13-14,17-18H2,(H,28,29). The monoisotopic (exact) mass is 439 g/mol. The van der Waals surface area contributed by atoms with E-state index in [1.165, 1.54) is 0 Å². The highest BCUT2D eigenvalue weighted by atomic mass is 16.5. The van der Waals surface area contributed by atoms with E-state index in [1.54, 1.807) is 6.20 Å². The molecule has 33 heavy (non-hydrogen) atoms. The number of urea groups is 1. The van der Waals surface area contributed by atoms with Gasteiger partial charge in [-0.2, -0.15) is 5.10 Å². The second kappa shape index (κ2) is 8.01. The third-order valence-electron chi connectivity index (χ3n) is 6.97. The third-order valence-corrected chi connectivity index (χ3v) is 6.97. The number of ether oxygens (including phenoxy) is 1. The zero-order chi connectivity index (χ0) is 22.3. The largest absolute Gasteiger partial charge is 0.381 e. The Balaban J connectivity index is 1.34. The molecule has 0 unspecified atom stereocenters. The first kappa shape index (κ1) is 19.9. The molecular weight excluding hydrogens is 414 g/mol. The zero-order valence-corrected chi connectivity index (χ0v) is 18.3. The van der Waals surface area contributed by atoms with Crippen LogP contribution in [0.1, 0.15) is 18.4 Å². The molecule has 6 rings (SSSR count). The molecule has 7 nitrogen and oxygen atoms in total. The lowest BCUT2D eigenvalue weighted by Crippen LogP contribution is -2.50. The van der Waals surface area contributed by atoms with Gasteiger partial charge in [-0.3, -0.25) is 15.0 Å². The number of hydrogen-bond acceptors (Lipinski definition) is 4. The number of anilines is 1. The van der Waals surface area contributed by atoms with Crippen LogP contribution in [-0.2, 0) is 11.3 Å². The Morgan fingerprint density at radius 2 is 1.82 bits per heavy atom. The smallest absolute Gasteiger partial charge is 0.325 e. The number of rotatable bonds is 4. The van der Waals surface area contributed by atoms with Crippen molar-refractivity contribution in [2.24, 2.45) is 0 Å². The number of fused-ring (bicyclic) bond motifs is 1. The Morgan fingerprint density at radius 3 is 2.61 bits per heavy atom. The first-order valence-corrected chi connectivity index (χ1v) is 11.3. The molecule has 2 saturated heterocycles. The molecule has 2 aromatic carbocycles. The molecule has 0 radical (unpaired) electrons. The summed E-state index contributed by atoms with van der Waals surface area (Å²) in [7, 11) is 0. The minimum absolute atomic E-state index is 0.0425. The highest BCUT2D eigenvalue weighted by Gasteiger charge is 2.50. The summed E-state index contributed by atoms with van der Waals surface area (Å²) in [6.45, 7) is 2.55. The molecule has 7 heteroatoms. The Bertz CT molecular complexity index is 1270. The van der Waals surface area contributed by atoms with Gasteiger partial charge in [0.2, 0.25) is 0 Å². The summed E-state index contributed by atoms with van der Waals surface area (Å²) in [5.74, 6) is 0. The first-order valence-electron chi connectivity index (χ1n) is 11.3. The van der Waals surface area contributed by atoms with E-state index in [1.807, 2.05) is 53.7 Å². The fraction of sp³-hybridized carbons (Fsp3) is 0.269. The van der Waals surface area contributed by atoms with Gasteiger partial charge in [0.15, 0.2) is 0 Å². The van der Waals surface area contributed by atoms with E-state index in [0.717, 1.165) is 46.1 Å². The molecule has 1 spiro atoms. The van der Waals surface area contributed by atoms with Crippen molar-refractivity contribution >= 4 is 22.6 Å². The summed E-state index contributed by atoms with van der Waals surface area (Å²) >= 11 is 0. The number of benzene rings is 2. The predicted molar refractivity (Wildman–Crippen MR) is 127 cm³/mol. The van der Waals surface area contributed by atoms with E-state index in [4.69, 9.17) is 4.74 Å². The van der Waals surface area contributed by atoms with Crippen LogP contribution >= 0.6 is 0 Å². The first-order chi connectivity index (χ1) is 16.2. The predicted octanol–water partition coefficient (Wildman–Crippen LogP) is 4.62. The molecule has 2 aliphatic heterocycles. The molecule has 0 bridgehead atoms. The second-order valence-corrected chi connectivity index (χ2v) is 8.82. The van der Waals surface area contributed by atoms with E-state index >= 15 is 0 Å². The summed E-state index contributed by atoms with van der Waals surface area (Å²) in [6, 6.07) is 18.4. The number of hydrogen-bond donors (Lipinski definition) is 1. The van der Waals surface area contributed by atoms with Gasteiger partial charge in [-0.25, -0.2) is 4.79 Å². The number of H-pyrrole nitrogens is 1. The third kappa shape index (κ3) is 3.45. The van der Waals surface area contributed by atoms with Crippen molar-refractivity contribution in [3.8, 4) is 11.1 Å². The average Bonchev–Trinajstić information content (AvgIpc) is 3.49. The van der Waals surface area contributed by atoms with Crippen molar-refractivity contribution in [1.29, 1.82) is 0 Å². The molecule has 0 saturated carbocycles. The summed E-state index contributed by atoms with van der Waals surface area (Å²) in [4.78, 5) is 22.4. The Morgan fingerprint density at radius 1 is 1.00 bits per heavy atom. The molecule has 2 aromatic heterocycles. The molecule has 2 fully saturated rings. The van der Waals surface area contributed by atoms with Crippen LogP contribution in [0.25, 0.3) is 22.0 Å². The highest BCUT2D eigenvalue weighted by molar-refractivity contribution is 5.96. The van der Waals surface area contributed by atoms with Gasteiger partial charge in [-0.15, -0.1) is 0 Å². The topological polar surface area (TPSA) is 74.3 Å². The summed E-state index contributed by atoms with van der Waals surface area (Å²) in [5, 5.41) is 7.97. The number of amides is 2. The highest BCUT2D eigenvalue weighted by Crippen LogP contribution is 2.39. The Kier molecular flexibility index (Phi) is 4.84. The van der Waals surface area contributed by atoms with Crippen molar-refractivity contribution in [1.82, 2.24) is 20.1 Å².